The second-order valence-corrected chi connectivity index (χ2v) is 5.92. The molecular weight excluding hydrogens is 332 g/mol. The number of thiocarbonyl (C=S) groups is 1. The molecule has 0 amide bonds. The Morgan fingerprint density at radius 2 is 1.72 bits per heavy atom. The number of rotatable bonds is 4. The van der Waals surface area contributed by atoms with Crippen molar-refractivity contribution in [2.24, 2.45) is 0 Å². The van der Waals surface area contributed by atoms with Crippen molar-refractivity contribution in [3.63, 3.8) is 0 Å². The summed E-state index contributed by atoms with van der Waals surface area (Å²) in [4.78, 5) is 11.4. The van der Waals surface area contributed by atoms with Crippen molar-refractivity contribution in [2.45, 2.75) is 6.54 Å². The average molecular weight is 350 g/mol. The maximum Gasteiger partial charge on any atom is 0.337 e. The first kappa shape index (κ1) is 16.9. The molecule has 0 spiro atoms. The maximum atomic E-state index is 11.4. The first-order chi connectivity index (χ1) is 12.2. The molecule has 0 unspecified atom stereocenters. The number of carbonyl (C=O) groups excluding carboxylic acids is 1. The van der Waals surface area contributed by atoms with Gasteiger partial charge in [0.1, 0.15) is 0 Å². The van der Waals surface area contributed by atoms with Gasteiger partial charge in [-0.3, -0.25) is 0 Å². The molecule has 0 fully saturated rings. The van der Waals surface area contributed by atoms with E-state index in [1.54, 1.807) is 24.3 Å². The normalized spacial score (nSPS) is 10.3. The van der Waals surface area contributed by atoms with Gasteiger partial charge in [0.2, 0.25) is 0 Å². The highest BCUT2D eigenvalue weighted by molar-refractivity contribution is 7.80. The molecule has 3 rings (SSSR count). The number of fused-ring (bicyclic) bond motifs is 1. The molecule has 0 aromatic heterocycles. The van der Waals surface area contributed by atoms with E-state index in [9.17, 15) is 4.79 Å². The number of carbonyl (C=O) groups is 1. The fraction of sp³-hybridized carbons (Fsp3) is 0.100. The Morgan fingerprint density at radius 1 is 1.00 bits per heavy atom. The van der Waals surface area contributed by atoms with Gasteiger partial charge in [-0.2, -0.15) is 0 Å². The lowest BCUT2D eigenvalue weighted by Crippen LogP contribution is -2.27. The molecule has 5 heteroatoms. The second kappa shape index (κ2) is 7.77. The molecule has 2 N–H and O–H groups in total. The minimum atomic E-state index is -0.358. The summed E-state index contributed by atoms with van der Waals surface area (Å²) in [7, 11) is 1.36. The van der Waals surface area contributed by atoms with Crippen molar-refractivity contribution < 1.29 is 9.53 Å². The van der Waals surface area contributed by atoms with Gasteiger partial charge < -0.3 is 15.4 Å². The molecule has 0 heterocycles. The van der Waals surface area contributed by atoms with Gasteiger partial charge in [0.05, 0.1) is 12.7 Å². The zero-order chi connectivity index (χ0) is 17.6. The molecule has 0 bridgehead atoms. The van der Waals surface area contributed by atoms with Crippen LogP contribution in [0.15, 0.2) is 66.7 Å². The number of ether oxygens (including phenoxy) is 1. The number of benzene rings is 3. The molecule has 3 aromatic rings. The van der Waals surface area contributed by atoms with Gasteiger partial charge in [0, 0.05) is 12.2 Å². The van der Waals surface area contributed by atoms with Crippen LogP contribution in [0.1, 0.15) is 15.9 Å². The van der Waals surface area contributed by atoms with Gasteiger partial charge >= 0.3 is 5.97 Å². The smallest absolute Gasteiger partial charge is 0.337 e. The summed E-state index contributed by atoms with van der Waals surface area (Å²) in [6.45, 7) is 0.632. The zero-order valence-electron chi connectivity index (χ0n) is 13.8. The molecule has 0 aliphatic carbocycles. The van der Waals surface area contributed by atoms with E-state index >= 15 is 0 Å². The Morgan fingerprint density at radius 3 is 2.48 bits per heavy atom. The van der Waals surface area contributed by atoms with Crippen molar-refractivity contribution in [3.8, 4) is 0 Å². The Balaban J connectivity index is 1.62. The van der Waals surface area contributed by atoms with E-state index in [-0.39, 0.29) is 5.97 Å². The number of esters is 1. The highest BCUT2D eigenvalue weighted by Gasteiger charge is 2.05. The first-order valence-electron chi connectivity index (χ1n) is 7.87. The van der Waals surface area contributed by atoms with Gasteiger partial charge in [-0.25, -0.2) is 4.79 Å². The van der Waals surface area contributed by atoms with Gasteiger partial charge in [-0.05, 0) is 52.8 Å². The lowest BCUT2D eigenvalue weighted by Gasteiger charge is -2.12. The van der Waals surface area contributed by atoms with Crippen LogP contribution in [0.3, 0.4) is 0 Å². The summed E-state index contributed by atoms with van der Waals surface area (Å²) >= 11 is 5.35. The summed E-state index contributed by atoms with van der Waals surface area (Å²) in [5, 5.41) is 9.27. The van der Waals surface area contributed by atoms with E-state index in [4.69, 9.17) is 12.2 Å². The third-order valence-corrected chi connectivity index (χ3v) is 4.13. The second-order valence-electron chi connectivity index (χ2n) is 5.51. The monoisotopic (exact) mass is 350 g/mol. The van der Waals surface area contributed by atoms with Crippen LogP contribution in [0.4, 0.5) is 5.69 Å². The Hall–Kier alpha value is -2.92. The average Bonchev–Trinajstić information content (AvgIpc) is 2.66. The van der Waals surface area contributed by atoms with E-state index in [1.165, 1.54) is 23.4 Å². The summed E-state index contributed by atoms with van der Waals surface area (Å²) in [5.74, 6) is -0.358. The highest BCUT2D eigenvalue weighted by atomic mass is 32.1. The first-order valence-corrected chi connectivity index (χ1v) is 8.28. The van der Waals surface area contributed by atoms with E-state index in [0.717, 1.165) is 5.69 Å². The fourth-order valence-electron chi connectivity index (χ4n) is 2.60. The molecule has 0 aliphatic heterocycles. The van der Waals surface area contributed by atoms with Crippen LogP contribution >= 0.6 is 12.2 Å². The minimum absolute atomic E-state index is 0.358. The van der Waals surface area contributed by atoms with E-state index < -0.39 is 0 Å². The predicted molar refractivity (Wildman–Crippen MR) is 105 cm³/mol. The van der Waals surface area contributed by atoms with Crippen molar-refractivity contribution in [2.75, 3.05) is 12.4 Å². The third-order valence-electron chi connectivity index (χ3n) is 3.88. The Labute approximate surface area is 151 Å². The molecule has 4 nitrogen and oxygen atoms in total. The van der Waals surface area contributed by atoms with Crippen LogP contribution in [0.25, 0.3) is 10.8 Å². The SMILES string of the molecule is COC(=O)c1ccc(NC(=S)NCc2cccc3ccccc23)cc1. The Bertz CT molecular complexity index is 902. The predicted octanol–water partition coefficient (Wildman–Crippen LogP) is 4.11. The number of hydrogen-bond acceptors (Lipinski definition) is 3. The summed E-state index contributed by atoms with van der Waals surface area (Å²) in [6, 6.07) is 21.5. The van der Waals surface area contributed by atoms with Gasteiger partial charge in [-0.15, -0.1) is 0 Å². The quantitative estimate of drug-likeness (QED) is 0.548. The van der Waals surface area contributed by atoms with Crippen molar-refractivity contribution >= 4 is 39.8 Å². The van der Waals surface area contributed by atoms with Crippen LogP contribution in [-0.2, 0) is 11.3 Å². The molecule has 0 radical (unpaired) electrons. The zero-order valence-corrected chi connectivity index (χ0v) is 14.6. The van der Waals surface area contributed by atoms with Crippen LogP contribution in [0, 0.1) is 0 Å². The molecule has 25 heavy (non-hydrogen) atoms. The summed E-state index contributed by atoms with van der Waals surface area (Å²) in [5.41, 5.74) is 2.49. The van der Waals surface area contributed by atoms with Crippen LogP contribution in [0.5, 0.6) is 0 Å². The molecular formula is C20H18N2O2S. The van der Waals surface area contributed by atoms with Crippen LogP contribution in [-0.4, -0.2) is 18.2 Å². The summed E-state index contributed by atoms with van der Waals surface area (Å²) in [6.07, 6.45) is 0. The molecule has 0 atom stereocenters. The molecule has 0 saturated carbocycles. The van der Waals surface area contributed by atoms with E-state index in [1.807, 2.05) is 18.2 Å². The van der Waals surface area contributed by atoms with Crippen molar-refractivity contribution in [1.82, 2.24) is 5.32 Å². The maximum absolute atomic E-state index is 11.4. The fourth-order valence-corrected chi connectivity index (χ4v) is 2.79. The van der Waals surface area contributed by atoms with Crippen LogP contribution in [0.2, 0.25) is 0 Å². The summed E-state index contributed by atoms with van der Waals surface area (Å²) < 4.78 is 4.68. The lowest BCUT2D eigenvalue weighted by molar-refractivity contribution is 0.0601. The molecule has 126 valence electrons. The number of anilines is 1. The highest BCUT2D eigenvalue weighted by Crippen LogP contribution is 2.18. The van der Waals surface area contributed by atoms with Crippen LogP contribution < -0.4 is 10.6 Å². The largest absolute Gasteiger partial charge is 0.465 e. The molecule has 0 saturated heterocycles. The Kier molecular flexibility index (Phi) is 5.26. The lowest BCUT2D eigenvalue weighted by atomic mass is 10.0. The number of nitrogens with one attached hydrogen (secondary N) is 2. The van der Waals surface area contributed by atoms with Gasteiger partial charge in [-0.1, -0.05) is 42.5 Å². The van der Waals surface area contributed by atoms with Crippen molar-refractivity contribution in [1.29, 1.82) is 0 Å². The van der Waals surface area contributed by atoms with Gasteiger partial charge in [0.25, 0.3) is 0 Å². The van der Waals surface area contributed by atoms with Gasteiger partial charge in [0.15, 0.2) is 5.11 Å². The third kappa shape index (κ3) is 4.14. The number of hydrogen-bond donors (Lipinski definition) is 2. The standard InChI is InChI=1S/C20H18N2O2S/c1-24-19(23)15-9-11-17(12-10-15)22-20(25)21-13-16-7-4-6-14-5-2-3-8-18(14)16/h2-12H,13H2,1H3,(H2,21,22,25). The molecule has 3 aromatic carbocycles. The van der Waals surface area contributed by atoms with E-state index in [0.29, 0.717) is 17.2 Å². The van der Waals surface area contributed by atoms with E-state index in [2.05, 4.69) is 39.6 Å². The minimum Gasteiger partial charge on any atom is -0.465 e. The van der Waals surface area contributed by atoms with Crippen molar-refractivity contribution in [3.05, 3.63) is 77.9 Å². The number of methoxy groups -OCH3 is 1. The topological polar surface area (TPSA) is 50.4 Å². The molecule has 0 aliphatic rings.